The van der Waals surface area contributed by atoms with Gasteiger partial charge in [-0.2, -0.15) is 0 Å². The zero-order valence-electron chi connectivity index (χ0n) is 13.9. The van der Waals surface area contributed by atoms with E-state index in [1.807, 2.05) is 0 Å². The van der Waals surface area contributed by atoms with Gasteiger partial charge in [0.25, 0.3) is 0 Å². The second-order valence-corrected chi connectivity index (χ2v) is 6.77. The topological polar surface area (TPSA) is 50.4 Å². The van der Waals surface area contributed by atoms with Crippen LogP contribution in [0, 0.1) is 11.8 Å². The van der Waals surface area contributed by atoms with Crippen molar-refractivity contribution in [3.05, 3.63) is 0 Å². The largest absolute Gasteiger partial charge is 0.376 e. The summed E-state index contributed by atoms with van der Waals surface area (Å²) in [5.41, 5.74) is 0. The van der Waals surface area contributed by atoms with E-state index in [4.69, 9.17) is 4.74 Å². The Labute approximate surface area is 141 Å². The average molecular weight is 333 g/mol. The number of hydrogen-bond donors (Lipinski definition) is 2. The van der Waals surface area contributed by atoms with Crippen molar-refractivity contribution in [2.45, 2.75) is 64.4 Å². The summed E-state index contributed by atoms with van der Waals surface area (Å²) in [6.45, 7) is 5.73. The number of carbonyl (C=O) groups excluding carboxylic acids is 1. The molecule has 0 radical (unpaired) electrons. The molecule has 1 amide bonds. The van der Waals surface area contributed by atoms with E-state index in [9.17, 15) is 4.79 Å². The minimum Gasteiger partial charge on any atom is -0.376 e. The van der Waals surface area contributed by atoms with Crippen molar-refractivity contribution in [1.82, 2.24) is 10.6 Å². The quantitative estimate of drug-likeness (QED) is 0.705. The highest BCUT2D eigenvalue weighted by molar-refractivity contribution is 5.85. The molecule has 1 aliphatic carbocycles. The SMILES string of the molecule is CC(CC(=O)NCCOC1CCCCC1)C1CCCNC1.Cl. The van der Waals surface area contributed by atoms with Gasteiger partial charge in [0, 0.05) is 13.0 Å². The summed E-state index contributed by atoms with van der Waals surface area (Å²) in [5, 5.41) is 6.43. The van der Waals surface area contributed by atoms with Gasteiger partial charge in [-0.25, -0.2) is 0 Å². The highest BCUT2D eigenvalue weighted by Gasteiger charge is 2.21. The highest BCUT2D eigenvalue weighted by atomic mass is 35.5. The molecule has 0 spiro atoms. The molecule has 1 saturated carbocycles. The number of amides is 1. The van der Waals surface area contributed by atoms with Crippen molar-refractivity contribution in [1.29, 1.82) is 0 Å². The fourth-order valence-electron chi connectivity index (χ4n) is 3.54. The van der Waals surface area contributed by atoms with E-state index in [0.717, 1.165) is 13.1 Å². The van der Waals surface area contributed by atoms with Gasteiger partial charge in [-0.1, -0.05) is 26.2 Å². The molecule has 2 atom stereocenters. The van der Waals surface area contributed by atoms with Crippen molar-refractivity contribution in [2.24, 2.45) is 11.8 Å². The van der Waals surface area contributed by atoms with Gasteiger partial charge >= 0.3 is 0 Å². The summed E-state index contributed by atoms with van der Waals surface area (Å²) >= 11 is 0. The Kier molecular flexibility index (Phi) is 10.1. The number of nitrogens with one attached hydrogen (secondary N) is 2. The van der Waals surface area contributed by atoms with Crippen LogP contribution in [0.1, 0.15) is 58.3 Å². The van der Waals surface area contributed by atoms with Gasteiger partial charge in [0.15, 0.2) is 0 Å². The van der Waals surface area contributed by atoms with Gasteiger partial charge in [-0.05, 0) is 50.6 Å². The first-order valence-corrected chi connectivity index (χ1v) is 8.84. The normalized spacial score (nSPS) is 24.3. The predicted octanol–water partition coefficient (Wildman–Crippen LogP) is 2.90. The Morgan fingerprint density at radius 2 is 2.00 bits per heavy atom. The van der Waals surface area contributed by atoms with Gasteiger partial charge in [-0.15, -0.1) is 12.4 Å². The lowest BCUT2D eigenvalue weighted by atomic mass is 9.85. The zero-order chi connectivity index (χ0) is 14.9. The van der Waals surface area contributed by atoms with E-state index in [-0.39, 0.29) is 18.3 Å². The molecule has 2 N–H and O–H groups in total. The molecule has 130 valence electrons. The van der Waals surface area contributed by atoms with E-state index in [0.29, 0.717) is 37.5 Å². The molecular formula is C17H33ClN2O2. The minimum absolute atomic E-state index is 0. The zero-order valence-corrected chi connectivity index (χ0v) is 14.8. The molecule has 0 aromatic heterocycles. The molecule has 1 aliphatic heterocycles. The van der Waals surface area contributed by atoms with Crippen LogP contribution in [-0.2, 0) is 9.53 Å². The fraction of sp³-hybridized carbons (Fsp3) is 0.941. The molecule has 2 rings (SSSR count). The smallest absolute Gasteiger partial charge is 0.220 e. The summed E-state index contributed by atoms with van der Waals surface area (Å²) in [5.74, 6) is 1.31. The lowest BCUT2D eigenvalue weighted by Gasteiger charge is -2.28. The van der Waals surface area contributed by atoms with E-state index in [1.165, 1.54) is 44.9 Å². The molecule has 4 nitrogen and oxygen atoms in total. The van der Waals surface area contributed by atoms with Crippen LogP contribution in [0.3, 0.4) is 0 Å². The number of rotatable bonds is 7. The maximum Gasteiger partial charge on any atom is 0.220 e. The Hall–Kier alpha value is -0.320. The standard InChI is InChI=1S/C17H32N2O2.ClH/c1-14(15-6-5-9-18-13-15)12-17(20)19-10-11-21-16-7-3-2-4-8-16;/h14-16,18H,2-13H2,1H3,(H,19,20);1H. The number of ether oxygens (including phenoxy) is 1. The predicted molar refractivity (Wildman–Crippen MR) is 92.5 cm³/mol. The Morgan fingerprint density at radius 3 is 2.68 bits per heavy atom. The van der Waals surface area contributed by atoms with Crippen LogP contribution in [0.15, 0.2) is 0 Å². The van der Waals surface area contributed by atoms with Crippen molar-refractivity contribution in [3.63, 3.8) is 0 Å². The van der Waals surface area contributed by atoms with Crippen molar-refractivity contribution in [2.75, 3.05) is 26.2 Å². The minimum atomic E-state index is 0. The molecule has 2 aliphatic rings. The van der Waals surface area contributed by atoms with E-state index < -0.39 is 0 Å². The van der Waals surface area contributed by atoms with E-state index >= 15 is 0 Å². The lowest BCUT2D eigenvalue weighted by Crippen LogP contribution is -2.36. The molecule has 1 saturated heterocycles. The molecule has 5 heteroatoms. The third-order valence-electron chi connectivity index (χ3n) is 4.98. The Bertz CT molecular complexity index is 303. The van der Waals surface area contributed by atoms with Crippen LogP contribution in [0.25, 0.3) is 0 Å². The molecule has 22 heavy (non-hydrogen) atoms. The summed E-state index contributed by atoms with van der Waals surface area (Å²) in [6.07, 6.45) is 9.91. The first-order chi connectivity index (χ1) is 10.3. The number of hydrogen-bond acceptors (Lipinski definition) is 3. The van der Waals surface area contributed by atoms with Crippen LogP contribution < -0.4 is 10.6 Å². The van der Waals surface area contributed by atoms with E-state index in [1.54, 1.807) is 0 Å². The number of halogens is 1. The van der Waals surface area contributed by atoms with Gasteiger partial charge in [-0.3, -0.25) is 4.79 Å². The molecule has 0 bridgehead atoms. The van der Waals surface area contributed by atoms with Crippen LogP contribution >= 0.6 is 12.4 Å². The maximum atomic E-state index is 12.0. The third-order valence-corrected chi connectivity index (χ3v) is 4.98. The first-order valence-electron chi connectivity index (χ1n) is 8.84. The molecule has 2 unspecified atom stereocenters. The van der Waals surface area contributed by atoms with Gasteiger partial charge in [0.2, 0.25) is 5.91 Å². The van der Waals surface area contributed by atoms with Gasteiger partial charge in [0.1, 0.15) is 0 Å². The summed E-state index contributed by atoms with van der Waals surface area (Å²) in [4.78, 5) is 12.0. The van der Waals surface area contributed by atoms with Crippen LogP contribution in [0.5, 0.6) is 0 Å². The molecular weight excluding hydrogens is 300 g/mol. The fourth-order valence-corrected chi connectivity index (χ4v) is 3.54. The highest BCUT2D eigenvalue weighted by Crippen LogP contribution is 2.22. The monoisotopic (exact) mass is 332 g/mol. The number of piperidine rings is 1. The van der Waals surface area contributed by atoms with Gasteiger partial charge < -0.3 is 15.4 Å². The van der Waals surface area contributed by atoms with Crippen molar-refractivity contribution in [3.8, 4) is 0 Å². The summed E-state index contributed by atoms with van der Waals surface area (Å²) in [7, 11) is 0. The van der Waals surface area contributed by atoms with Crippen LogP contribution in [-0.4, -0.2) is 38.3 Å². The summed E-state index contributed by atoms with van der Waals surface area (Å²) in [6, 6.07) is 0. The second-order valence-electron chi connectivity index (χ2n) is 6.77. The average Bonchev–Trinajstić information content (AvgIpc) is 2.53. The molecule has 0 aromatic carbocycles. The lowest BCUT2D eigenvalue weighted by molar-refractivity contribution is -0.122. The Balaban J connectivity index is 0.00000242. The molecule has 1 heterocycles. The maximum absolute atomic E-state index is 12.0. The van der Waals surface area contributed by atoms with Crippen molar-refractivity contribution >= 4 is 18.3 Å². The van der Waals surface area contributed by atoms with Crippen molar-refractivity contribution < 1.29 is 9.53 Å². The van der Waals surface area contributed by atoms with Gasteiger partial charge in [0.05, 0.1) is 12.7 Å². The molecule has 2 fully saturated rings. The molecule has 0 aromatic rings. The van der Waals surface area contributed by atoms with Crippen LogP contribution in [0.4, 0.5) is 0 Å². The second kappa shape index (κ2) is 11.3. The Morgan fingerprint density at radius 1 is 1.23 bits per heavy atom. The third kappa shape index (κ3) is 7.30. The number of carbonyl (C=O) groups is 1. The first kappa shape index (κ1) is 19.7. The summed E-state index contributed by atoms with van der Waals surface area (Å²) < 4.78 is 5.83. The van der Waals surface area contributed by atoms with Crippen LogP contribution in [0.2, 0.25) is 0 Å². The van der Waals surface area contributed by atoms with E-state index in [2.05, 4.69) is 17.6 Å².